The second kappa shape index (κ2) is 14.9. The second-order valence-corrected chi connectivity index (χ2v) is 14.0. The number of aromatic nitrogens is 1. The normalized spacial score (nSPS) is 12.2. The smallest absolute Gasteiger partial charge is 0.162 e. The third kappa shape index (κ3) is 7.58. The molecule has 0 bridgehead atoms. The van der Waals surface area contributed by atoms with Gasteiger partial charge in [0.05, 0.1) is 16.3 Å². The summed E-state index contributed by atoms with van der Waals surface area (Å²) in [5.74, 6) is 0.547. The molecule has 2 aromatic heterocycles. The van der Waals surface area contributed by atoms with Crippen molar-refractivity contribution in [3.8, 4) is 10.6 Å². The van der Waals surface area contributed by atoms with Gasteiger partial charge in [0.1, 0.15) is 4.01 Å². The topological polar surface area (TPSA) is 50.2 Å². The first kappa shape index (κ1) is 34.1. The van der Waals surface area contributed by atoms with E-state index in [0.717, 1.165) is 41.8 Å². The van der Waals surface area contributed by atoms with E-state index in [9.17, 15) is 9.90 Å². The first-order chi connectivity index (χ1) is 19.6. The number of allylic oxidation sites excluding steroid dienone is 2. The van der Waals surface area contributed by atoms with Crippen LogP contribution in [0.1, 0.15) is 79.7 Å². The van der Waals surface area contributed by atoms with E-state index in [1.54, 1.807) is 11.3 Å². The van der Waals surface area contributed by atoms with Gasteiger partial charge in [-0.25, -0.2) is 0 Å². The van der Waals surface area contributed by atoms with Gasteiger partial charge in [0, 0.05) is 48.1 Å². The van der Waals surface area contributed by atoms with Crippen LogP contribution < -0.4 is 0 Å². The number of hydrogen-bond donors (Lipinski definition) is 1. The van der Waals surface area contributed by atoms with Gasteiger partial charge >= 0.3 is 0 Å². The molecule has 0 spiro atoms. The van der Waals surface area contributed by atoms with Crippen molar-refractivity contribution in [2.24, 2.45) is 11.8 Å². The number of carbonyl (C=O) groups is 1. The van der Waals surface area contributed by atoms with Crippen molar-refractivity contribution in [3.63, 3.8) is 0 Å². The Balaban J connectivity index is 0.000000263. The molecule has 0 aliphatic heterocycles. The van der Waals surface area contributed by atoms with E-state index in [0.29, 0.717) is 0 Å². The first-order valence-corrected chi connectivity index (χ1v) is 16.4. The van der Waals surface area contributed by atoms with Crippen molar-refractivity contribution >= 4 is 58.8 Å². The molecule has 0 atom stereocenters. The third-order valence-corrected chi connectivity index (χ3v) is 10.2. The zero-order valence-corrected chi connectivity index (χ0v) is 29.7. The molecule has 0 unspecified atom stereocenters. The monoisotopic (exact) mass is 777 g/mol. The minimum atomic E-state index is 0. The molecular formula is C36H42IrNO2S2-. The Morgan fingerprint density at radius 3 is 2.12 bits per heavy atom. The van der Waals surface area contributed by atoms with Gasteiger partial charge in [-0.05, 0) is 37.2 Å². The molecule has 0 aliphatic carbocycles. The Morgan fingerprint density at radius 2 is 1.50 bits per heavy atom. The molecule has 225 valence electrons. The average molecular weight is 777 g/mol. The number of ketones is 1. The number of fused-ring (bicyclic) bond motifs is 4. The number of hydrogen-bond acceptors (Lipinski definition) is 5. The molecule has 6 heteroatoms. The number of carbonyl (C=O) groups excluding carboxylic acids is 1. The standard InChI is InChI=1S/C23H18NS2.C13H24O2.Ir/c1-23(2,3)18-13-15(12-14-8-4-5-9-16(14)18)21-24-20-17-10-6-7-11-19(17)25-22(20)26-21;1-5-10(6-2)12(14)9-13(15)11(7-3)8-4;/h4-11,13H,1-3H3;9-11,14H,5-8H2,1-4H3;/q-1;;/b;12-9-;. The van der Waals surface area contributed by atoms with Crippen molar-refractivity contribution in [3.05, 3.63) is 78.1 Å². The number of aliphatic hydroxyl groups is 1. The van der Waals surface area contributed by atoms with Crippen LogP contribution in [0.25, 0.3) is 41.0 Å². The van der Waals surface area contributed by atoms with Crippen LogP contribution in [0, 0.1) is 17.9 Å². The van der Waals surface area contributed by atoms with Crippen molar-refractivity contribution in [1.29, 1.82) is 0 Å². The van der Waals surface area contributed by atoms with Crippen LogP contribution in [0.3, 0.4) is 0 Å². The van der Waals surface area contributed by atoms with E-state index in [2.05, 4.69) is 81.4 Å². The van der Waals surface area contributed by atoms with Crippen molar-refractivity contribution < 1.29 is 30.0 Å². The minimum Gasteiger partial charge on any atom is -0.512 e. The van der Waals surface area contributed by atoms with Gasteiger partial charge in [0.15, 0.2) is 5.78 Å². The fourth-order valence-electron chi connectivity index (χ4n) is 5.26. The molecule has 5 rings (SSSR count). The molecule has 42 heavy (non-hydrogen) atoms. The number of thiophene rings is 1. The third-order valence-electron chi connectivity index (χ3n) is 7.84. The molecule has 2 heterocycles. The van der Waals surface area contributed by atoms with Gasteiger partial charge in [0.25, 0.3) is 0 Å². The van der Waals surface area contributed by atoms with Crippen LogP contribution >= 0.6 is 22.7 Å². The average Bonchev–Trinajstić information content (AvgIpc) is 3.52. The molecule has 1 N–H and O–H groups in total. The maximum atomic E-state index is 11.7. The van der Waals surface area contributed by atoms with Gasteiger partial charge in [-0.2, -0.15) is 0 Å². The number of aliphatic hydroxyl groups excluding tert-OH is 1. The summed E-state index contributed by atoms with van der Waals surface area (Å²) < 4.78 is 2.60. The van der Waals surface area contributed by atoms with Crippen LogP contribution in [-0.4, -0.2) is 15.9 Å². The van der Waals surface area contributed by atoms with Crippen molar-refractivity contribution in [1.82, 2.24) is 4.98 Å². The Kier molecular flexibility index (Phi) is 12.1. The van der Waals surface area contributed by atoms with Crippen molar-refractivity contribution in [2.75, 3.05) is 0 Å². The molecule has 3 nitrogen and oxygen atoms in total. The van der Waals surface area contributed by atoms with E-state index in [4.69, 9.17) is 4.98 Å². The zero-order valence-electron chi connectivity index (χ0n) is 25.7. The molecule has 1 radical (unpaired) electrons. The van der Waals surface area contributed by atoms with Crippen LogP contribution in [0.4, 0.5) is 0 Å². The molecule has 0 aliphatic rings. The van der Waals surface area contributed by atoms with Gasteiger partial charge < -0.3 is 5.11 Å². The first-order valence-electron chi connectivity index (χ1n) is 14.8. The predicted molar refractivity (Wildman–Crippen MR) is 179 cm³/mol. The van der Waals surface area contributed by atoms with Crippen LogP contribution in [-0.2, 0) is 30.3 Å². The molecule has 0 amide bonds. The van der Waals surface area contributed by atoms with E-state index in [1.807, 2.05) is 39.0 Å². The Hall–Kier alpha value is -2.37. The van der Waals surface area contributed by atoms with E-state index in [-0.39, 0.29) is 48.9 Å². The largest absolute Gasteiger partial charge is 0.512 e. The van der Waals surface area contributed by atoms with Crippen LogP contribution in [0.5, 0.6) is 0 Å². The number of nitrogens with zero attached hydrogens (tertiary/aromatic N) is 1. The Labute approximate surface area is 272 Å². The number of rotatable bonds is 8. The summed E-state index contributed by atoms with van der Waals surface area (Å²) in [5, 5.41) is 14.5. The fraction of sp³-hybridized carbons (Fsp3) is 0.389. The van der Waals surface area contributed by atoms with Gasteiger partial charge in [0.2, 0.25) is 0 Å². The molecule has 0 saturated heterocycles. The Bertz CT molecular complexity index is 1670. The molecule has 3 aromatic carbocycles. The molecule has 0 saturated carbocycles. The SMILES string of the molecule is CC(C)(C)c1cc(-c2nc3c(s2)sc2ccccc23)[c-]c2ccccc12.CCC(CC)C(=O)/C=C(\O)C(CC)CC.[Ir]. The summed E-state index contributed by atoms with van der Waals surface area (Å²) in [6.07, 6.45) is 4.91. The molecule has 0 fully saturated rings. The zero-order chi connectivity index (χ0) is 29.7. The second-order valence-electron chi connectivity index (χ2n) is 11.6. The number of benzene rings is 3. The van der Waals surface area contributed by atoms with Gasteiger partial charge in [-0.3, -0.25) is 9.78 Å². The number of thiazole rings is 1. The minimum absolute atomic E-state index is 0. The summed E-state index contributed by atoms with van der Waals surface area (Å²) in [4.78, 5) is 16.7. The van der Waals surface area contributed by atoms with Crippen LogP contribution in [0.15, 0.2) is 66.4 Å². The van der Waals surface area contributed by atoms with E-state index < -0.39 is 0 Å². The van der Waals surface area contributed by atoms with Crippen molar-refractivity contribution in [2.45, 2.75) is 79.6 Å². The maximum absolute atomic E-state index is 11.7. The van der Waals surface area contributed by atoms with Crippen LogP contribution in [0.2, 0.25) is 0 Å². The predicted octanol–water partition coefficient (Wildman–Crippen LogP) is 11.3. The molecule has 5 aromatic rings. The maximum Gasteiger partial charge on any atom is 0.162 e. The summed E-state index contributed by atoms with van der Waals surface area (Å²) in [6, 6.07) is 23.0. The molecular weight excluding hydrogens is 735 g/mol. The fourth-order valence-corrected chi connectivity index (χ4v) is 7.59. The Morgan fingerprint density at radius 1 is 0.905 bits per heavy atom. The quantitative estimate of drug-likeness (QED) is 0.0970. The summed E-state index contributed by atoms with van der Waals surface area (Å²) in [7, 11) is 0. The van der Waals surface area contributed by atoms with Gasteiger partial charge in [-0.15, -0.1) is 51.8 Å². The summed E-state index contributed by atoms with van der Waals surface area (Å²) in [5.41, 5.74) is 3.66. The van der Waals surface area contributed by atoms with Gasteiger partial charge in [-0.1, -0.05) is 95.8 Å². The summed E-state index contributed by atoms with van der Waals surface area (Å²) >= 11 is 3.61. The summed E-state index contributed by atoms with van der Waals surface area (Å²) in [6.45, 7) is 14.9. The van der Waals surface area contributed by atoms with E-state index >= 15 is 0 Å². The van der Waals surface area contributed by atoms with E-state index in [1.165, 1.54) is 36.5 Å².